The molecular weight excluding hydrogens is 380 g/mol. The van der Waals surface area contributed by atoms with Gasteiger partial charge in [0.05, 0.1) is 0 Å². The van der Waals surface area contributed by atoms with E-state index in [4.69, 9.17) is 4.74 Å². The van der Waals surface area contributed by atoms with Gasteiger partial charge >= 0.3 is 5.97 Å². The van der Waals surface area contributed by atoms with E-state index in [0.717, 1.165) is 35.1 Å². The number of benzene rings is 2. The number of allylic oxidation sites excluding steroid dienone is 4. The van der Waals surface area contributed by atoms with Gasteiger partial charge in [0.15, 0.2) is 0 Å². The van der Waals surface area contributed by atoms with Crippen molar-refractivity contribution in [2.24, 2.45) is 5.41 Å². The summed E-state index contributed by atoms with van der Waals surface area (Å²) in [5.41, 5.74) is 4.43. The van der Waals surface area contributed by atoms with Crippen LogP contribution in [0.2, 0.25) is 0 Å². The molecule has 2 aromatic carbocycles. The van der Waals surface area contributed by atoms with Crippen LogP contribution in [-0.4, -0.2) is 5.97 Å². The van der Waals surface area contributed by atoms with Gasteiger partial charge in [-0.15, -0.1) is 0 Å². The van der Waals surface area contributed by atoms with Gasteiger partial charge in [-0.25, -0.2) is 4.79 Å². The number of carbonyl (C=O) groups is 1. The van der Waals surface area contributed by atoms with E-state index in [2.05, 4.69) is 62.3 Å². The molecule has 0 spiro atoms. The predicted molar refractivity (Wildman–Crippen MR) is 126 cm³/mol. The third-order valence-electron chi connectivity index (χ3n) is 5.26. The Balaban J connectivity index is 1.61. The third kappa shape index (κ3) is 6.36. The maximum atomic E-state index is 11.5. The van der Waals surface area contributed by atoms with Crippen molar-refractivity contribution in [1.82, 2.24) is 0 Å². The van der Waals surface area contributed by atoms with Crippen molar-refractivity contribution in [3.05, 3.63) is 101 Å². The van der Waals surface area contributed by atoms with Gasteiger partial charge in [-0.2, -0.15) is 0 Å². The highest BCUT2D eigenvalue weighted by atomic mass is 16.5. The molecule has 0 saturated heterocycles. The van der Waals surface area contributed by atoms with Crippen LogP contribution < -0.4 is 4.74 Å². The molecule has 0 heterocycles. The fourth-order valence-corrected chi connectivity index (χ4v) is 2.85. The van der Waals surface area contributed by atoms with Gasteiger partial charge in [-0.3, -0.25) is 0 Å². The van der Waals surface area contributed by atoms with E-state index in [1.807, 2.05) is 36.4 Å². The molecule has 2 aromatic rings. The lowest BCUT2D eigenvalue weighted by Gasteiger charge is -2.25. The fourth-order valence-electron chi connectivity index (χ4n) is 2.85. The quantitative estimate of drug-likeness (QED) is 0.262. The molecule has 0 N–H and O–H groups in total. The lowest BCUT2D eigenvalue weighted by Crippen LogP contribution is -2.12. The summed E-state index contributed by atoms with van der Waals surface area (Å²) in [6.07, 6.45) is 8.80. The van der Waals surface area contributed by atoms with E-state index in [1.165, 1.54) is 0 Å². The molecular formula is C29H26O2. The molecule has 0 fully saturated rings. The molecule has 31 heavy (non-hydrogen) atoms. The Morgan fingerprint density at radius 3 is 1.94 bits per heavy atom. The lowest BCUT2D eigenvalue weighted by atomic mass is 9.80. The van der Waals surface area contributed by atoms with Gasteiger partial charge in [0, 0.05) is 27.8 Å². The number of esters is 1. The second-order valence-corrected chi connectivity index (χ2v) is 7.98. The van der Waals surface area contributed by atoms with Crippen LogP contribution in [0.3, 0.4) is 0 Å². The number of carbonyl (C=O) groups excluding carboxylic acids is 1. The predicted octanol–water partition coefficient (Wildman–Crippen LogP) is 6.22. The second-order valence-electron chi connectivity index (χ2n) is 7.98. The summed E-state index contributed by atoms with van der Waals surface area (Å²) in [5, 5.41) is 0. The van der Waals surface area contributed by atoms with Crippen molar-refractivity contribution in [3.8, 4) is 29.4 Å². The largest absolute Gasteiger partial charge is 0.423 e. The first kappa shape index (κ1) is 21.9. The Morgan fingerprint density at radius 2 is 1.48 bits per heavy atom. The average molecular weight is 407 g/mol. The van der Waals surface area contributed by atoms with Crippen molar-refractivity contribution >= 4 is 5.97 Å². The molecule has 0 radical (unpaired) electrons. The highest BCUT2D eigenvalue weighted by Crippen LogP contribution is 2.32. The zero-order valence-corrected chi connectivity index (χ0v) is 18.3. The highest BCUT2D eigenvalue weighted by molar-refractivity contribution is 5.88. The van der Waals surface area contributed by atoms with Crippen molar-refractivity contribution in [2.75, 3.05) is 0 Å². The van der Waals surface area contributed by atoms with Crippen LogP contribution >= 0.6 is 0 Å². The molecule has 1 unspecified atom stereocenters. The van der Waals surface area contributed by atoms with Crippen molar-refractivity contribution in [3.63, 3.8) is 0 Å². The first-order valence-corrected chi connectivity index (χ1v) is 10.4. The lowest BCUT2D eigenvalue weighted by molar-refractivity contribution is -0.130. The van der Waals surface area contributed by atoms with Crippen molar-refractivity contribution in [2.45, 2.75) is 33.6 Å². The maximum absolute atomic E-state index is 11.5. The number of hydrogen-bond donors (Lipinski definition) is 0. The van der Waals surface area contributed by atoms with E-state index in [0.29, 0.717) is 11.3 Å². The zero-order chi connectivity index (χ0) is 22.3. The first-order valence-electron chi connectivity index (χ1n) is 10.4. The maximum Gasteiger partial charge on any atom is 0.338 e. The minimum atomic E-state index is -0.433. The van der Waals surface area contributed by atoms with Gasteiger partial charge in [0.25, 0.3) is 0 Å². The molecule has 2 heteroatoms. The van der Waals surface area contributed by atoms with Crippen LogP contribution in [0.4, 0.5) is 0 Å². The molecule has 2 nitrogen and oxygen atoms in total. The standard InChI is InChI=1S/C29H26O2/c1-5-29(4)20-18-26(19-21-29)13-12-24-8-6-23(7-9-24)10-11-25-14-16-27(17-15-25)31-28(30)22(2)3/h6-9,14-20H,2,5,21H2,1,3-4H3. The van der Waals surface area contributed by atoms with E-state index in [9.17, 15) is 4.79 Å². The van der Waals surface area contributed by atoms with Crippen molar-refractivity contribution < 1.29 is 9.53 Å². The van der Waals surface area contributed by atoms with E-state index < -0.39 is 5.97 Å². The van der Waals surface area contributed by atoms with Crippen molar-refractivity contribution in [1.29, 1.82) is 0 Å². The monoisotopic (exact) mass is 406 g/mol. The fraction of sp³-hybridized carbons (Fsp3) is 0.207. The Kier molecular flexibility index (Phi) is 6.96. The Bertz CT molecular complexity index is 1150. The SMILES string of the molecule is C=C(C)C(=O)Oc1ccc(C#Cc2ccc(C#CC3=CCC(C)(CC)C=C3)cc2)cc1. The Labute approximate surface area is 185 Å². The Hall–Kier alpha value is -3.75. The van der Waals surface area contributed by atoms with Crippen LogP contribution in [0.1, 0.15) is 50.3 Å². The summed E-state index contributed by atoms with van der Waals surface area (Å²) in [4.78, 5) is 11.5. The van der Waals surface area contributed by atoms with Gasteiger partial charge < -0.3 is 4.74 Å². The summed E-state index contributed by atoms with van der Waals surface area (Å²) in [5.74, 6) is 12.8. The van der Waals surface area contributed by atoms with Crippen LogP contribution in [0.25, 0.3) is 0 Å². The summed E-state index contributed by atoms with van der Waals surface area (Å²) < 4.78 is 5.18. The molecule has 0 saturated carbocycles. The molecule has 1 aliphatic rings. The van der Waals surface area contributed by atoms with Crippen LogP contribution in [0, 0.1) is 29.1 Å². The molecule has 1 atom stereocenters. The normalized spacial score (nSPS) is 16.8. The van der Waals surface area contributed by atoms with Crippen LogP contribution in [0.5, 0.6) is 5.75 Å². The summed E-state index contributed by atoms with van der Waals surface area (Å²) in [6, 6.07) is 15.0. The molecule has 154 valence electrons. The summed E-state index contributed by atoms with van der Waals surface area (Å²) >= 11 is 0. The smallest absolute Gasteiger partial charge is 0.338 e. The van der Waals surface area contributed by atoms with Crippen LogP contribution in [-0.2, 0) is 4.79 Å². The van der Waals surface area contributed by atoms with Gasteiger partial charge in [0.2, 0.25) is 0 Å². The molecule has 0 amide bonds. The van der Waals surface area contributed by atoms with E-state index in [1.54, 1.807) is 19.1 Å². The van der Waals surface area contributed by atoms with Gasteiger partial charge in [-0.1, -0.05) is 62.3 Å². The molecule has 3 rings (SSSR count). The van der Waals surface area contributed by atoms with Crippen LogP contribution in [0.15, 0.2) is 84.5 Å². The average Bonchev–Trinajstić information content (AvgIpc) is 2.79. The Morgan fingerprint density at radius 1 is 0.968 bits per heavy atom. The minimum absolute atomic E-state index is 0.265. The molecule has 0 aromatic heterocycles. The zero-order valence-electron chi connectivity index (χ0n) is 18.3. The third-order valence-corrected chi connectivity index (χ3v) is 5.26. The van der Waals surface area contributed by atoms with E-state index in [-0.39, 0.29) is 5.41 Å². The first-order chi connectivity index (χ1) is 14.9. The number of hydrogen-bond acceptors (Lipinski definition) is 2. The minimum Gasteiger partial charge on any atom is -0.423 e. The van der Waals surface area contributed by atoms with E-state index >= 15 is 0 Å². The number of ether oxygens (including phenoxy) is 1. The highest BCUT2D eigenvalue weighted by Gasteiger charge is 2.19. The van der Waals surface area contributed by atoms with Gasteiger partial charge in [0.1, 0.15) is 5.75 Å². The molecule has 0 bridgehead atoms. The summed E-state index contributed by atoms with van der Waals surface area (Å²) in [7, 11) is 0. The number of rotatable bonds is 3. The second kappa shape index (κ2) is 9.84. The topological polar surface area (TPSA) is 26.3 Å². The summed E-state index contributed by atoms with van der Waals surface area (Å²) in [6.45, 7) is 9.68. The van der Waals surface area contributed by atoms with Gasteiger partial charge in [-0.05, 0) is 73.7 Å². The molecule has 1 aliphatic carbocycles. The molecule has 0 aliphatic heterocycles.